The fourth-order valence-electron chi connectivity index (χ4n) is 4.36. The minimum absolute atomic E-state index is 0.277. The topological polar surface area (TPSA) is 69.7 Å². The second kappa shape index (κ2) is 8.17. The van der Waals surface area contributed by atoms with Gasteiger partial charge in [0.05, 0.1) is 0 Å². The first-order chi connectivity index (χ1) is 15.5. The van der Waals surface area contributed by atoms with Crippen molar-refractivity contribution in [2.75, 3.05) is 6.54 Å². The van der Waals surface area contributed by atoms with E-state index < -0.39 is 54.5 Å². The summed E-state index contributed by atoms with van der Waals surface area (Å²) in [5.41, 5.74) is 0.484. The van der Waals surface area contributed by atoms with Gasteiger partial charge in [-0.05, 0) is 48.6 Å². The molecule has 0 radical (unpaired) electrons. The molecule has 33 heavy (non-hydrogen) atoms. The van der Waals surface area contributed by atoms with Gasteiger partial charge in [-0.2, -0.15) is 13.2 Å². The summed E-state index contributed by atoms with van der Waals surface area (Å²) >= 11 is 0. The summed E-state index contributed by atoms with van der Waals surface area (Å²) < 4.78 is 53.6. The minimum atomic E-state index is -4.74. The van der Waals surface area contributed by atoms with Crippen LogP contribution in [0.15, 0.2) is 48.5 Å². The maximum atomic E-state index is 13.5. The van der Waals surface area contributed by atoms with Gasteiger partial charge in [0.1, 0.15) is 23.9 Å². The van der Waals surface area contributed by atoms with E-state index in [1.54, 1.807) is 12.1 Å². The van der Waals surface area contributed by atoms with Gasteiger partial charge in [-0.1, -0.05) is 36.4 Å². The normalized spacial score (nSPS) is 20.7. The van der Waals surface area contributed by atoms with Crippen LogP contribution >= 0.6 is 0 Å². The van der Waals surface area contributed by atoms with E-state index in [4.69, 9.17) is 0 Å². The third-order valence-corrected chi connectivity index (χ3v) is 6.24. The van der Waals surface area contributed by atoms with E-state index in [-0.39, 0.29) is 5.56 Å². The van der Waals surface area contributed by atoms with E-state index in [2.05, 4.69) is 5.32 Å². The average Bonchev–Trinajstić information content (AvgIpc) is 3.25. The fourth-order valence-corrected chi connectivity index (χ4v) is 4.36. The maximum Gasteiger partial charge on any atom is 0.408 e. The number of hydrogen-bond acceptors (Lipinski definition) is 3. The van der Waals surface area contributed by atoms with Crippen molar-refractivity contribution in [2.45, 2.75) is 44.1 Å². The lowest BCUT2D eigenvalue weighted by molar-refractivity contribution is -0.187. The summed E-state index contributed by atoms with van der Waals surface area (Å²) in [7, 11) is 0. The molecule has 4 rings (SSSR count). The van der Waals surface area contributed by atoms with Crippen molar-refractivity contribution in [1.82, 2.24) is 15.1 Å². The van der Waals surface area contributed by atoms with Crippen LogP contribution in [-0.2, 0) is 28.1 Å². The summed E-state index contributed by atoms with van der Waals surface area (Å²) in [5, 5.41) is 2.65. The zero-order valence-electron chi connectivity index (χ0n) is 17.7. The fraction of sp³-hybridized carbons (Fsp3) is 0.348. The van der Waals surface area contributed by atoms with Gasteiger partial charge in [-0.3, -0.25) is 14.5 Å². The van der Waals surface area contributed by atoms with Crippen molar-refractivity contribution in [3.05, 3.63) is 71.0 Å². The van der Waals surface area contributed by atoms with Crippen molar-refractivity contribution in [2.24, 2.45) is 0 Å². The number of fused-ring (bicyclic) bond motifs is 2. The molecule has 10 heteroatoms. The number of rotatable bonds is 5. The van der Waals surface area contributed by atoms with Gasteiger partial charge in [0, 0.05) is 6.54 Å². The number of urea groups is 1. The number of halogens is 4. The first-order valence-corrected chi connectivity index (χ1v) is 10.4. The first-order valence-electron chi connectivity index (χ1n) is 10.4. The van der Waals surface area contributed by atoms with Crippen LogP contribution in [0.2, 0.25) is 0 Å². The summed E-state index contributed by atoms with van der Waals surface area (Å²) in [5.74, 6) is -2.27. The summed E-state index contributed by atoms with van der Waals surface area (Å²) in [6, 6.07) is 8.80. The van der Waals surface area contributed by atoms with Gasteiger partial charge in [-0.25, -0.2) is 9.18 Å². The molecule has 1 heterocycles. The molecule has 4 amide bonds. The second-order valence-electron chi connectivity index (χ2n) is 8.25. The highest BCUT2D eigenvalue weighted by atomic mass is 19.4. The SMILES string of the molecule is C[C@H](N(Cc1ccc(F)cc1)C(=O)CN1C(=O)NC2(CCc3ccccc32)C1=O)C(F)(F)F. The number of nitrogens with zero attached hydrogens (tertiary/aromatic N) is 2. The summed E-state index contributed by atoms with van der Waals surface area (Å²) in [4.78, 5) is 40.1. The van der Waals surface area contributed by atoms with E-state index in [0.717, 1.165) is 24.6 Å². The zero-order valence-corrected chi connectivity index (χ0v) is 17.7. The molecule has 6 nitrogen and oxygen atoms in total. The van der Waals surface area contributed by atoms with Crippen LogP contribution in [0.3, 0.4) is 0 Å². The van der Waals surface area contributed by atoms with E-state index in [9.17, 15) is 31.9 Å². The number of hydrogen-bond donors (Lipinski definition) is 1. The van der Waals surface area contributed by atoms with E-state index in [1.165, 1.54) is 12.1 Å². The molecule has 2 aliphatic rings. The Morgan fingerprint density at radius 2 is 1.82 bits per heavy atom. The lowest BCUT2D eigenvalue weighted by Gasteiger charge is -2.32. The Balaban J connectivity index is 1.58. The Hall–Kier alpha value is -3.43. The van der Waals surface area contributed by atoms with E-state index in [1.807, 2.05) is 12.1 Å². The van der Waals surface area contributed by atoms with Crippen LogP contribution in [0.4, 0.5) is 22.4 Å². The maximum absolute atomic E-state index is 13.5. The lowest BCUT2D eigenvalue weighted by atomic mass is 9.92. The Bertz CT molecular complexity index is 1100. The average molecular weight is 463 g/mol. The number of carbonyl (C=O) groups excluding carboxylic acids is 3. The third-order valence-electron chi connectivity index (χ3n) is 6.24. The molecular weight excluding hydrogens is 442 g/mol. The summed E-state index contributed by atoms with van der Waals surface area (Å²) in [6.07, 6.45) is -3.88. The lowest BCUT2D eigenvalue weighted by Crippen LogP contribution is -2.51. The van der Waals surface area contributed by atoms with Crippen LogP contribution in [0, 0.1) is 5.82 Å². The molecule has 0 bridgehead atoms. The molecule has 1 aliphatic heterocycles. The number of carbonyl (C=O) groups is 3. The Kier molecular flexibility index (Phi) is 5.63. The Labute approximate surface area is 187 Å². The third kappa shape index (κ3) is 4.05. The summed E-state index contributed by atoms with van der Waals surface area (Å²) in [6.45, 7) is -0.477. The van der Waals surface area contributed by atoms with Crippen molar-refractivity contribution in [3.8, 4) is 0 Å². The number of amides is 4. The van der Waals surface area contributed by atoms with Crippen LogP contribution in [-0.4, -0.2) is 46.4 Å². The van der Waals surface area contributed by atoms with Crippen LogP contribution in [0.5, 0.6) is 0 Å². The Morgan fingerprint density at radius 3 is 2.48 bits per heavy atom. The Morgan fingerprint density at radius 1 is 1.15 bits per heavy atom. The number of benzene rings is 2. The van der Waals surface area contributed by atoms with Crippen LogP contribution < -0.4 is 5.32 Å². The molecule has 1 fully saturated rings. The predicted molar refractivity (Wildman–Crippen MR) is 109 cm³/mol. The van der Waals surface area contributed by atoms with Gasteiger partial charge in [-0.15, -0.1) is 0 Å². The molecule has 2 atom stereocenters. The number of aryl methyl sites for hydroxylation is 1. The number of imide groups is 1. The standard InChI is InChI=1S/C23H21F4N3O3/c1-14(23(25,26)27)29(12-15-6-8-17(24)9-7-15)19(31)13-30-20(32)22(28-21(30)33)11-10-16-4-2-3-5-18(16)22/h2-9,14H,10-13H2,1H3,(H,28,33)/t14-,22?/m0/s1. The van der Waals surface area contributed by atoms with Crippen molar-refractivity contribution in [1.29, 1.82) is 0 Å². The highest BCUT2D eigenvalue weighted by molar-refractivity contribution is 6.09. The molecule has 1 aliphatic carbocycles. The van der Waals surface area contributed by atoms with Gasteiger partial charge in [0.25, 0.3) is 5.91 Å². The molecule has 1 unspecified atom stereocenters. The number of alkyl halides is 3. The largest absolute Gasteiger partial charge is 0.408 e. The van der Waals surface area contributed by atoms with E-state index in [0.29, 0.717) is 28.2 Å². The van der Waals surface area contributed by atoms with Gasteiger partial charge in [0.2, 0.25) is 5.91 Å². The van der Waals surface area contributed by atoms with Crippen molar-refractivity contribution in [3.63, 3.8) is 0 Å². The molecule has 1 N–H and O–H groups in total. The van der Waals surface area contributed by atoms with Crippen LogP contribution in [0.1, 0.15) is 30.0 Å². The highest BCUT2D eigenvalue weighted by Gasteiger charge is 2.56. The first kappa shape index (κ1) is 22.8. The molecule has 1 saturated heterocycles. The molecule has 174 valence electrons. The molecule has 0 aromatic heterocycles. The molecular formula is C23H21F4N3O3. The van der Waals surface area contributed by atoms with E-state index >= 15 is 0 Å². The molecule has 2 aromatic carbocycles. The zero-order chi connectivity index (χ0) is 24.0. The van der Waals surface area contributed by atoms with Gasteiger partial charge < -0.3 is 10.2 Å². The van der Waals surface area contributed by atoms with Crippen molar-refractivity contribution >= 4 is 17.8 Å². The van der Waals surface area contributed by atoms with Gasteiger partial charge >= 0.3 is 12.2 Å². The molecule has 2 aromatic rings. The second-order valence-corrected chi connectivity index (χ2v) is 8.25. The van der Waals surface area contributed by atoms with Gasteiger partial charge in [0.15, 0.2) is 0 Å². The highest BCUT2D eigenvalue weighted by Crippen LogP contribution is 2.41. The molecule has 0 saturated carbocycles. The monoisotopic (exact) mass is 463 g/mol. The minimum Gasteiger partial charge on any atom is -0.325 e. The smallest absolute Gasteiger partial charge is 0.325 e. The van der Waals surface area contributed by atoms with Crippen LogP contribution in [0.25, 0.3) is 0 Å². The quantitative estimate of drug-likeness (QED) is 0.545. The molecule has 1 spiro atoms. The number of nitrogens with one attached hydrogen (secondary N) is 1. The van der Waals surface area contributed by atoms with Crippen molar-refractivity contribution < 1.29 is 31.9 Å². The predicted octanol–water partition coefficient (Wildman–Crippen LogP) is 3.50.